The van der Waals surface area contributed by atoms with E-state index in [4.69, 9.17) is 5.26 Å². The van der Waals surface area contributed by atoms with E-state index in [1.54, 1.807) is 11.3 Å². The lowest BCUT2D eigenvalue weighted by atomic mass is 10.4. The summed E-state index contributed by atoms with van der Waals surface area (Å²) in [6.07, 6.45) is 0. The van der Waals surface area contributed by atoms with Gasteiger partial charge in [0.05, 0.1) is 4.88 Å². The van der Waals surface area contributed by atoms with E-state index in [9.17, 15) is 0 Å². The Balaban J connectivity index is 0.000001000. The minimum Gasteiger partial charge on any atom is -1.00 e. The van der Waals surface area contributed by atoms with Gasteiger partial charge in [0.25, 0.3) is 0 Å². The van der Waals surface area contributed by atoms with Crippen molar-refractivity contribution in [2.24, 2.45) is 0 Å². The Morgan fingerprint density at radius 1 is 1.64 bits per heavy atom. The van der Waals surface area contributed by atoms with Gasteiger partial charge < -0.3 is 17.0 Å². The summed E-state index contributed by atoms with van der Waals surface area (Å²) in [7, 11) is 0. The molecular weight excluding hydrogens is 224 g/mol. The molecule has 0 saturated carbocycles. The molecule has 2 nitrogen and oxygen atoms in total. The van der Waals surface area contributed by atoms with Crippen LogP contribution in [0, 0.1) is 25.2 Å². The summed E-state index contributed by atoms with van der Waals surface area (Å²) in [6, 6.07) is 2.11. The molecular formula is C7H9BrN2S. The van der Waals surface area contributed by atoms with Gasteiger partial charge in [-0.1, -0.05) is 11.3 Å². The lowest BCUT2D eigenvalue weighted by Gasteiger charge is -1.84. The second-order valence-electron chi connectivity index (χ2n) is 2.15. The van der Waals surface area contributed by atoms with Gasteiger partial charge in [0, 0.05) is 6.92 Å². The van der Waals surface area contributed by atoms with Gasteiger partial charge in [-0.05, 0) is 6.92 Å². The standard InChI is InChI=1S/C7H9N2S.BrH/c1-6-7(2)10-5-9(6)4-3-8;/h5H,4H2,1-2H3;1H/q+1;/p-1. The number of hydrogen-bond donors (Lipinski definition) is 0. The molecule has 0 aromatic carbocycles. The first-order valence-corrected chi connectivity index (χ1v) is 3.94. The third-order valence-electron chi connectivity index (χ3n) is 1.54. The molecule has 0 aliphatic carbocycles. The quantitative estimate of drug-likeness (QED) is 0.525. The average Bonchev–Trinajstić information content (AvgIpc) is 2.20. The van der Waals surface area contributed by atoms with Gasteiger partial charge in [0.2, 0.25) is 12.1 Å². The molecule has 60 valence electrons. The first-order chi connectivity index (χ1) is 4.75. The predicted molar refractivity (Wildman–Crippen MR) is 39.6 cm³/mol. The largest absolute Gasteiger partial charge is 1.00 e. The zero-order valence-electron chi connectivity index (χ0n) is 6.47. The molecule has 1 aromatic heterocycles. The maximum atomic E-state index is 8.39. The van der Waals surface area contributed by atoms with Gasteiger partial charge in [-0.25, -0.2) is 0 Å². The Kier molecular flexibility index (Phi) is 4.31. The molecule has 0 unspecified atom stereocenters. The molecule has 1 rings (SSSR count). The number of rotatable bonds is 1. The van der Waals surface area contributed by atoms with E-state index in [0.717, 1.165) is 0 Å². The molecule has 0 saturated heterocycles. The van der Waals surface area contributed by atoms with E-state index in [0.29, 0.717) is 6.54 Å². The summed E-state index contributed by atoms with van der Waals surface area (Å²) >= 11 is 1.68. The van der Waals surface area contributed by atoms with Crippen molar-refractivity contribution in [2.45, 2.75) is 20.4 Å². The molecule has 0 bridgehead atoms. The lowest BCUT2D eigenvalue weighted by Crippen LogP contribution is -3.00. The molecule has 0 fully saturated rings. The Bertz CT molecular complexity index is 274. The Hall–Kier alpha value is -0.400. The molecule has 0 radical (unpaired) electrons. The minimum absolute atomic E-state index is 0. The van der Waals surface area contributed by atoms with Crippen LogP contribution in [-0.4, -0.2) is 0 Å². The van der Waals surface area contributed by atoms with Crippen LogP contribution in [0.5, 0.6) is 0 Å². The third kappa shape index (κ3) is 2.28. The van der Waals surface area contributed by atoms with Gasteiger partial charge in [0.1, 0.15) is 6.07 Å². The van der Waals surface area contributed by atoms with Gasteiger partial charge in [-0.15, -0.1) is 0 Å². The van der Waals surface area contributed by atoms with Crippen molar-refractivity contribution in [3.05, 3.63) is 16.1 Å². The summed E-state index contributed by atoms with van der Waals surface area (Å²) in [6.45, 7) is 4.56. The van der Waals surface area contributed by atoms with Crippen molar-refractivity contribution in [1.82, 2.24) is 0 Å². The van der Waals surface area contributed by atoms with Gasteiger partial charge in [-0.2, -0.15) is 9.83 Å². The van der Waals surface area contributed by atoms with Crippen molar-refractivity contribution >= 4 is 11.3 Å². The van der Waals surface area contributed by atoms with E-state index in [1.807, 2.05) is 17.0 Å². The number of thiazole rings is 1. The molecule has 0 aliphatic heterocycles. The van der Waals surface area contributed by atoms with Crippen molar-refractivity contribution in [2.75, 3.05) is 0 Å². The van der Waals surface area contributed by atoms with Crippen LogP contribution in [0.25, 0.3) is 0 Å². The fourth-order valence-electron chi connectivity index (χ4n) is 0.741. The lowest BCUT2D eigenvalue weighted by molar-refractivity contribution is -0.686. The Morgan fingerprint density at radius 2 is 2.27 bits per heavy atom. The second kappa shape index (κ2) is 4.47. The smallest absolute Gasteiger partial charge is 0.235 e. The molecule has 0 spiro atoms. The number of nitrogens with zero attached hydrogens (tertiary/aromatic N) is 2. The Morgan fingerprint density at radius 3 is 2.64 bits per heavy atom. The highest BCUT2D eigenvalue weighted by molar-refractivity contribution is 7.09. The molecule has 0 atom stereocenters. The molecule has 0 amide bonds. The van der Waals surface area contributed by atoms with Crippen LogP contribution < -0.4 is 21.5 Å². The fourth-order valence-corrected chi connectivity index (χ4v) is 1.55. The molecule has 0 N–H and O–H groups in total. The maximum absolute atomic E-state index is 8.39. The topological polar surface area (TPSA) is 27.7 Å². The van der Waals surface area contributed by atoms with Crippen molar-refractivity contribution in [1.29, 1.82) is 5.26 Å². The molecule has 0 aliphatic rings. The van der Waals surface area contributed by atoms with Crippen molar-refractivity contribution in [3.8, 4) is 6.07 Å². The van der Waals surface area contributed by atoms with Crippen molar-refractivity contribution in [3.63, 3.8) is 0 Å². The Labute approximate surface area is 80.9 Å². The zero-order chi connectivity index (χ0) is 7.56. The maximum Gasteiger partial charge on any atom is 0.235 e. The molecule has 1 heterocycles. The van der Waals surface area contributed by atoms with E-state index in [-0.39, 0.29) is 17.0 Å². The van der Waals surface area contributed by atoms with Crippen LogP contribution in [-0.2, 0) is 6.54 Å². The van der Waals surface area contributed by atoms with Crippen LogP contribution >= 0.6 is 11.3 Å². The SMILES string of the molecule is Cc1sc[n+](CC#N)c1C.[Br-]. The van der Waals surface area contributed by atoms with E-state index in [2.05, 4.69) is 13.0 Å². The zero-order valence-corrected chi connectivity index (χ0v) is 8.87. The minimum atomic E-state index is 0. The highest BCUT2D eigenvalue weighted by Crippen LogP contribution is 2.06. The van der Waals surface area contributed by atoms with Crippen LogP contribution in [0.1, 0.15) is 10.6 Å². The van der Waals surface area contributed by atoms with Crippen LogP contribution in [0.4, 0.5) is 0 Å². The van der Waals surface area contributed by atoms with Crippen LogP contribution in [0.15, 0.2) is 5.51 Å². The number of aryl methyl sites for hydroxylation is 1. The first-order valence-electron chi connectivity index (χ1n) is 3.07. The van der Waals surface area contributed by atoms with E-state index < -0.39 is 0 Å². The van der Waals surface area contributed by atoms with Crippen LogP contribution in [0.3, 0.4) is 0 Å². The third-order valence-corrected chi connectivity index (χ3v) is 2.55. The fraction of sp³-hybridized carbons (Fsp3) is 0.429. The monoisotopic (exact) mass is 232 g/mol. The number of halogens is 1. The summed E-state index contributed by atoms with van der Waals surface area (Å²) in [5.41, 5.74) is 3.18. The highest BCUT2D eigenvalue weighted by atomic mass is 79.9. The normalized spacial score (nSPS) is 8.45. The summed E-state index contributed by atoms with van der Waals surface area (Å²) in [4.78, 5) is 1.29. The summed E-state index contributed by atoms with van der Waals surface area (Å²) in [5.74, 6) is 0. The number of hydrogen-bond acceptors (Lipinski definition) is 2. The van der Waals surface area contributed by atoms with Gasteiger partial charge >= 0.3 is 0 Å². The first kappa shape index (κ1) is 10.6. The van der Waals surface area contributed by atoms with Crippen molar-refractivity contribution < 1.29 is 21.5 Å². The second-order valence-corrected chi connectivity index (χ2v) is 3.21. The summed E-state index contributed by atoms with van der Waals surface area (Å²) < 4.78 is 1.96. The van der Waals surface area contributed by atoms with E-state index in [1.165, 1.54) is 10.6 Å². The molecule has 1 aromatic rings. The summed E-state index contributed by atoms with van der Waals surface area (Å²) in [5, 5.41) is 8.39. The van der Waals surface area contributed by atoms with Crippen LogP contribution in [0.2, 0.25) is 0 Å². The van der Waals surface area contributed by atoms with E-state index >= 15 is 0 Å². The highest BCUT2D eigenvalue weighted by Gasteiger charge is 2.09. The number of nitriles is 1. The van der Waals surface area contributed by atoms with Gasteiger partial charge in [0.15, 0.2) is 5.69 Å². The number of aromatic nitrogens is 1. The van der Waals surface area contributed by atoms with Gasteiger partial charge in [-0.3, -0.25) is 0 Å². The molecule has 4 heteroatoms. The molecule has 11 heavy (non-hydrogen) atoms. The predicted octanol–water partition coefficient (Wildman–Crippen LogP) is -1.82. The average molecular weight is 233 g/mol.